The minimum atomic E-state index is 0.203. The van der Waals surface area contributed by atoms with Crippen molar-refractivity contribution in [3.05, 3.63) is 29.8 Å². The van der Waals surface area contributed by atoms with Crippen LogP contribution in [0.1, 0.15) is 37.0 Å². The van der Waals surface area contributed by atoms with E-state index < -0.39 is 0 Å². The summed E-state index contributed by atoms with van der Waals surface area (Å²) in [5.74, 6) is 0.203. The molecule has 0 radical (unpaired) electrons. The number of Topliss-reactive ketones (excluding diaryl/α,β-unsaturated/α-hetero) is 1. The molecule has 0 saturated carbocycles. The van der Waals surface area contributed by atoms with Gasteiger partial charge in [-0.1, -0.05) is 6.92 Å². The standard InChI is InChI=1S/C15H21NO2/c1-3-15(17)13-5-7-14(8-6-13)16-9-4-10-18-12(2)11-16/h5-8,12H,3-4,9-11H2,1-2H3. The number of hydrogen-bond donors (Lipinski definition) is 0. The molecule has 0 aliphatic carbocycles. The zero-order valence-corrected chi connectivity index (χ0v) is 11.2. The molecule has 0 amide bonds. The van der Waals surface area contributed by atoms with Gasteiger partial charge in [0, 0.05) is 37.4 Å². The Labute approximate surface area is 109 Å². The molecule has 3 nitrogen and oxygen atoms in total. The molecule has 1 aromatic rings. The maximum Gasteiger partial charge on any atom is 0.162 e. The first-order valence-corrected chi connectivity index (χ1v) is 6.70. The van der Waals surface area contributed by atoms with Gasteiger partial charge in [-0.2, -0.15) is 0 Å². The smallest absolute Gasteiger partial charge is 0.162 e. The zero-order chi connectivity index (χ0) is 13.0. The maximum absolute atomic E-state index is 11.6. The van der Waals surface area contributed by atoms with Crippen LogP contribution in [0.3, 0.4) is 0 Å². The second-order valence-corrected chi connectivity index (χ2v) is 4.80. The van der Waals surface area contributed by atoms with Crippen molar-refractivity contribution in [2.75, 3.05) is 24.6 Å². The molecule has 1 heterocycles. The van der Waals surface area contributed by atoms with E-state index in [4.69, 9.17) is 4.74 Å². The first-order chi connectivity index (χ1) is 8.70. The highest BCUT2D eigenvalue weighted by Crippen LogP contribution is 2.19. The van der Waals surface area contributed by atoms with Crippen LogP contribution in [0.25, 0.3) is 0 Å². The summed E-state index contributed by atoms with van der Waals surface area (Å²) in [7, 11) is 0. The van der Waals surface area contributed by atoms with E-state index in [9.17, 15) is 4.79 Å². The fraction of sp³-hybridized carbons (Fsp3) is 0.533. The molecule has 2 rings (SSSR count). The quantitative estimate of drug-likeness (QED) is 0.769. The molecule has 1 unspecified atom stereocenters. The Morgan fingerprint density at radius 2 is 2.11 bits per heavy atom. The molecule has 1 aromatic carbocycles. The third-order valence-corrected chi connectivity index (χ3v) is 3.33. The van der Waals surface area contributed by atoms with E-state index in [1.807, 2.05) is 31.2 Å². The van der Waals surface area contributed by atoms with E-state index in [-0.39, 0.29) is 11.9 Å². The lowest BCUT2D eigenvalue weighted by Gasteiger charge is -2.24. The zero-order valence-electron chi connectivity index (χ0n) is 11.2. The third-order valence-electron chi connectivity index (χ3n) is 3.33. The fourth-order valence-electron chi connectivity index (χ4n) is 2.29. The molecular weight excluding hydrogens is 226 g/mol. The van der Waals surface area contributed by atoms with Crippen molar-refractivity contribution in [1.82, 2.24) is 0 Å². The Balaban J connectivity index is 2.10. The van der Waals surface area contributed by atoms with Crippen LogP contribution in [0, 0.1) is 0 Å². The summed E-state index contributed by atoms with van der Waals surface area (Å²) < 4.78 is 5.64. The highest BCUT2D eigenvalue weighted by Gasteiger charge is 2.15. The largest absolute Gasteiger partial charge is 0.377 e. The number of hydrogen-bond acceptors (Lipinski definition) is 3. The van der Waals surface area contributed by atoms with Gasteiger partial charge in [-0.15, -0.1) is 0 Å². The fourth-order valence-corrected chi connectivity index (χ4v) is 2.29. The SMILES string of the molecule is CCC(=O)c1ccc(N2CCCOC(C)C2)cc1. The van der Waals surface area contributed by atoms with Gasteiger partial charge in [0.15, 0.2) is 5.78 Å². The van der Waals surface area contributed by atoms with Gasteiger partial charge in [0.05, 0.1) is 6.10 Å². The van der Waals surface area contributed by atoms with E-state index in [0.717, 1.165) is 31.7 Å². The molecule has 1 atom stereocenters. The summed E-state index contributed by atoms with van der Waals surface area (Å²) in [6.07, 6.45) is 1.89. The predicted octanol–water partition coefficient (Wildman–Crippen LogP) is 2.89. The molecule has 98 valence electrons. The number of carbonyl (C=O) groups excluding carboxylic acids is 1. The van der Waals surface area contributed by atoms with Gasteiger partial charge >= 0.3 is 0 Å². The van der Waals surface area contributed by atoms with Crippen molar-refractivity contribution < 1.29 is 9.53 Å². The van der Waals surface area contributed by atoms with Gasteiger partial charge in [-0.3, -0.25) is 4.79 Å². The Morgan fingerprint density at radius 3 is 2.78 bits per heavy atom. The molecule has 0 aromatic heterocycles. The van der Waals surface area contributed by atoms with Gasteiger partial charge in [-0.25, -0.2) is 0 Å². The lowest BCUT2D eigenvalue weighted by molar-refractivity contribution is 0.0820. The van der Waals surface area contributed by atoms with Crippen LogP contribution < -0.4 is 4.90 Å². The highest BCUT2D eigenvalue weighted by molar-refractivity contribution is 5.96. The molecule has 0 spiro atoms. The number of ketones is 1. The van der Waals surface area contributed by atoms with Crippen molar-refractivity contribution >= 4 is 11.5 Å². The van der Waals surface area contributed by atoms with Gasteiger partial charge in [-0.05, 0) is 37.6 Å². The van der Waals surface area contributed by atoms with Crippen LogP contribution in [0.4, 0.5) is 5.69 Å². The number of rotatable bonds is 3. The number of benzene rings is 1. The second-order valence-electron chi connectivity index (χ2n) is 4.80. The summed E-state index contributed by atoms with van der Waals surface area (Å²) in [5.41, 5.74) is 1.99. The third kappa shape index (κ3) is 3.10. The number of anilines is 1. The second kappa shape index (κ2) is 6.01. The summed E-state index contributed by atoms with van der Waals surface area (Å²) in [6.45, 7) is 6.77. The van der Waals surface area contributed by atoms with E-state index in [2.05, 4.69) is 11.8 Å². The van der Waals surface area contributed by atoms with Crippen LogP contribution in [-0.4, -0.2) is 31.6 Å². The normalized spacial score (nSPS) is 20.6. The van der Waals surface area contributed by atoms with Crippen LogP contribution in [0.2, 0.25) is 0 Å². The van der Waals surface area contributed by atoms with E-state index in [1.54, 1.807) is 0 Å². The molecule has 3 heteroatoms. The van der Waals surface area contributed by atoms with Crippen molar-refractivity contribution in [2.24, 2.45) is 0 Å². The van der Waals surface area contributed by atoms with Crippen molar-refractivity contribution in [2.45, 2.75) is 32.8 Å². The molecule has 1 aliphatic rings. The van der Waals surface area contributed by atoms with Crippen LogP contribution in [0.5, 0.6) is 0 Å². The molecule has 0 N–H and O–H groups in total. The summed E-state index contributed by atoms with van der Waals surface area (Å²) in [4.78, 5) is 13.9. The molecular formula is C15H21NO2. The lowest BCUT2D eigenvalue weighted by Crippen LogP contribution is -2.30. The monoisotopic (exact) mass is 247 g/mol. The molecule has 18 heavy (non-hydrogen) atoms. The number of nitrogens with zero attached hydrogens (tertiary/aromatic N) is 1. The Kier molecular flexibility index (Phi) is 4.37. The van der Waals surface area contributed by atoms with E-state index in [1.165, 1.54) is 5.69 Å². The average molecular weight is 247 g/mol. The summed E-state index contributed by atoms with van der Waals surface area (Å²) in [5, 5.41) is 0. The lowest BCUT2D eigenvalue weighted by atomic mass is 10.1. The van der Waals surface area contributed by atoms with Gasteiger partial charge in [0.1, 0.15) is 0 Å². The Morgan fingerprint density at radius 1 is 1.39 bits per heavy atom. The average Bonchev–Trinajstić information content (AvgIpc) is 2.63. The van der Waals surface area contributed by atoms with Gasteiger partial charge in [0.2, 0.25) is 0 Å². The summed E-state index contributed by atoms with van der Waals surface area (Å²) in [6, 6.07) is 7.94. The highest BCUT2D eigenvalue weighted by atomic mass is 16.5. The topological polar surface area (TPSA) is 29.5 Å². The van der Waals surface area contributed by atoms with E-state index in [0.29, 0.717) is 6.42 Å². The Bertz CT molecular complexity index is 399. The van der Waals surface area contributed by atoms with Crippen LogP contribution in [0.15, 0.2) is 24.3 Å². The summed E-state index contributed by atoms with van der Waals surface area (Å²) >= 11 is 0. The van der Waals surface area contributed by atoms with Crippen molar-refractivity contribution in [3.8, 4) is 0 Å². The van der Waals surface area contributed by atoms with Crippen molar-refractivity contribution in [1.29, 1.82) is 0 Å². The first-order valence-electron chi connectivity index (χ1n) is 6.70. The molecule has 1 saturated heterocycles. The number of carbonyl (C=O) groups is 1. The first kappa shape index (κ1) is 13.1. The van der Waals surface area contributed by atoms with Crippen LogP contribution in [-0.2, 0) is 4.74 Å². The molecule has 1 fully saturated rings. The Hall–Kier alpha value is -1.35. The minimum Gasteiger partial charge on any atom is -0.377 e. The van der Waals surface area contributed by atoms with Gasteiger partial charge < -0.3 is 9.64 Å². The van der Waals surface area contributed by atoms with E-state index >= 15 is 0 Å². The van der Waals surface area contributed by atoms with Crippen molar-refractivity contribution in [3.63, 3.8) is 0 Å². The maximum atomic E-state index is 11.6. The van der Waals surface area contributed by atoms with Crippen LogP contribution >= 0.6 is 0 Å². The molecule has 1 aliphatic heterocycles. The minimum absolute atomic E-state index is 0.203. The predicted molar refractivity (Wildman–Crippen MR) is 73.3 cm³/mol. The number of ether oxygens (including phenoxy) is 1. The van der Waals surface area contributed by atoms with Gasteiger partial charge in [0.25, 0.3) is 0 Å². The molecule has 0 bridgehead atoms.